The maximum atomic E-state index is 6.45. The molecule has 0 aromatic heterocycles. The van der Waals surface area contributed by atoms with Gasteiger partial charge in [0.1, 0.15) is 11.5 Å². The Morgan fingerprint density at radius 3 is 2.73 bits per heavy atom. The second-order valence-electron chi connectivity index (χ2n) is 5.31. The molecular formula is C18H22BrClO2. The molecule has 22 heavy (non-hydrogen) atoms. The first kappa shape index (κ1) is 17.4. The van der Waals surface area contributed by atoms with Crippen LogP contribution in [0.2, 0.25) is 5.02 Å². The van der Waals surface area contributed by atoms with Crippen molar-refractivity contribution in [3.8, 4) is 11.5 Å². The Balaban J connectivity index is 1.96. The molecule has 2 aromatic rings. The molecule has 0 fully saturated rings. The van der Waals surface area contributed by atoms with E-state index in [4.69, 9.17) is 21.1 Å². The lowest BCUT2D eigenvalue weighted by molar-refractivity contribution is 0.305. The fourth-order valence-corrected chi connectivity index (χ4v) is 2.96. The molecule has 0 aliphatic rings. The molecule has 0 spiro atoms. The number of alkyl halides is 1. The summed E-state index contributed by atoms with van der Waals surface area (Å²) in [5.41, 5.74) is 0. The van der Waals surface area contributed by atoms with E-state index >= 15 is 0 Å². The van der Waals surface area contributed by atoms with Crippen LogP contribution in [-0.2, 0) is 0 Å². The Labute approximate surface area is 145 Å². The van der Waals surface area contributed by atoms with E-state index in [1.54, 1.807) is 7.11 Å². The molecular weight excluding hydrogens is 364 g/mol. The van der Waals surface area contributed by atoms with Crippen LogP contribution in [0.25, 0.3) is 10.8 Å². The van der Waals surface area contributed by atoms with Crippen LogP contribution < -0.4 is 9.47 Å². The normalized spacial score (nSPS) is 12.4. The fourth-order valence-electron chi connectivity index (χ4n) is 2.34. The van der Waals surface area contributed by atoms with Gasteiger partial charge in [-0.15, -0.1) is 0 Å². The summed E-state index contributed by atoms with van der Waals surface area (Å²) in [6.45, 7) is 2.89. The molecule has 0 heterocycles. The van der Waals surface area contributed by atoms with Crippen LogP contribution in [0, 0.1) is 0 Å². The molecule has 0 saturated carbocycles. The molecule has 0 aliphatic carbocycles. The molecule has 1 unspecified atom stereocenters. The van der Waals surface area contributed by atoms with Crippen LogP contribution in [-0.4, -0.2) is 18.5 Å². The van der Waals surface area contributed by atoms with E-state index in [9.17, 15) is 0 Å². The van der Waals surface area contributed by atoms with Gasteiger partial charge in [-0.25, -0.2) is 0 Å². The first-order valence-corrected chi connectivity index (χ1v) is 8.98. The Hall–Kier alpha value is -0.930. The van der Waals surface area contributed by atoms with Gasteiger partial charge in [-0.05, 0) is 55.3 Å². The van der Waals surface area contributed by atoms with Gasteiger partial charge in [0.25, 0.3) is 0 Å². The summed E-state index contributed by atoms with van der Waals surface area (Å²) >= 11 is 10.1. The lowest BCUT2D eigenvalue weighted by Gasteiger charge is -2.11. The van der Waals surface area contributed by atoms with Crippen molar-refractivity contribution in [1.29, 1.82) is 0 Å². The molecule has 1 atom stereocenters. The van der Waals surface area contributed by atoms with E-state index in [2.05, 4.69) is 22.9 Å². The van der Waals surface area contributed by atoms with E-state index in [-0.39, 0.29) is 0 Å². The minimum atomic E-state index is 0.617. The third-order valence-corrected chi connectivity index (χ3v) is 5.23. The molecule has 0 radical (unpaired) electrons. The quantitative estimate of drug-likeness (QED) is 0.396. The molecule has 4 heteroatoms. The molecule has 0 amide bonds. The Morgan fingerprint density at radius 2 is 2.00 bits per heavy atom. The van der Waals surface area contributed by atoms with Crippen LogP contribution in [0.4, 0.5) is 0 Å². The van der Waals surface area contributed by atoms with Crippen molar-refractivity contribution >= 4 is 38.3 Å². The Morgan fingerprint density at radius 1 is 1.18 bits per heavy atom. The zero-order chi connectivity index (χ0) is 15.9. The standard InChI is InChI=1S/C18H22BrClO2/c1-3-14(19)6-4-5-11-22-17-10-7-13-12-15(21-2)8-9-16(13)18(17)20/h7-10,12,14H,3-6,11H2,1-2H3. The first-order chi connectivity index (χ1) is 10.7. The summed E-state index contributed by atoms with van der Waals surface area (Å²) in [5.74, 6) is 1.59. The van der Waals surface area contributed by atoms with Gasteiger partial charge in [0, 0.05) is 10.2 Å². The van der Waals surface area contributed by atoms with E-state index in [1.807, 2.05) is 30.3 Å². The van der Waals surface area contributed by atoms with Crippen molar-refractivity contribution in [3.05, 3.63) is 35.4 Å². The van der Waals surface area contributed by atoms with Crippen molar-refractivity contribution in [3.63, 3.8) is 0 Å². The summed E-state index contributed by atoms with van der Waals surface area (Å²) in [6.07, 6.45) is 4.55. The number of halogens is 2. The van der Waals surface area contributed by atoms with E-state index in [0.29, 0.717) is 16.5 Å². The number of hydrogen-bond acceptors (Lipinski definition) is 2. The Kier molecular flexibility index (Phi) is 6.84. The minimum Gasteiger partial charge on any atom is -0.497 e. The highest BCUT2D eigenvalue weighted by Crippen LogP contribution is 2.34. The van der Waals surface area contributed by atoms with Gasteiger partial charge >= 0.3 is 0 Å². The second kappa shape index (κ2) is 8.64. The highest BCUT2D eigenvalue weighted by atomic mass is 79.9. The molecule has 120 valence electrons. The SMILES string of the molecule is CCC(Br)CCCCOc1ccc2cc(OC)ccc2c1Cl. The molecule has 2 nitrogen and oxygen atoms in total. The number of ether oxygens (including phenoxy) is 2. The van der Waals surface area contributed by atoms with E-state index in [0.717, 1.165) is 35.1 Å². The van der Waals surface area contributed by atoms with Crippen LogP contribution in [0.3, 0.4) is 0 Å². The third-order valence-electron chi connectivity index (χ3n) is 3.74. The summed E-state index contributed by atoms with van der Waals surface area (Å²) in [5, 5.41) is 2.72. The van der Waals surface area contributed by atoms with Crippen LogP contribution in [0.1, 0.15) is 32.6 Å². The summed E-state index contributed by atoms with van der Waals surface area (Å²) in [6, 6.07) is 9.82. The number of hydrogen-bond donors (Lipinski definition) is 0. The molecule has 0 aliphatic heterocycles. The van der Waals surface area contributed by atoms with E-state index < -0.39 is 0 Å². The zero-order valence-corrected chi connectivity index (χ0v) is 15.4. The maximum absolute atomic E-state index is 6.45. The van der Waals surface area contributed by atoms with Gasteiger partial charge in [0.15, 0.2) is 0 Å². The number of fused-ring (bicyclic) bond motifs is 1. The van der Waals surface area contributed by atoms with Crippen molar-refractivity contribution in [2.75, 3.05) is 13.7 Å². The smallest absolute Gasteiger partial charge is 0.138 e. The topological polar surface area (TPSA) is 18.5 Å². The van der Waals surface area contributed by atoms with Gasteiger partial charge < -0.3 is 9.47 Å². The number of methoxy groups -OCH3 is 1. The third kappa shape index (κ3) is 4.53. The predicted molar refractivity (Wildman–Crippen MR) is 97.9 cm³/mol. The van der Waals surface area contributed by atoms with E-state index in [1.165, 1.54) is 12.8 Å². The van der Waals surface area contributed by atoms with Gasteiger partial charge in [-0.2, -0.15) is 0 Å². The van der Waals surface area contributed by atoms with Crippen LogP contribution >= 0.6 is 27.5 Å². The molecule has 2 aromatic carbocycles. The number of rotatable bonds is 8. The number of benzene rings is 2. The summed E-state index contributed by atoms with van der Waals surface area (Å²) < 4.78 is 11.1. The average molecular weight is 386 g/mol. The molecule has 2 rings (SSSR count). The Bertz CT molecular complexity index is 615. The monoisotopic (exact) mass is 384 g/mol. The predicted octanol–water partition coefficient (Wildman–Crippen LogP) is 6.22. The second-order valence-corrected chi connectivity index (χ2v) is 6.99. The van der Waals surface area contributed by atoms with Crippen LogP contribution in [0.5, 0.6) is 11.5 Å². The fraction of sp³-hybridized carbons (Fsp3) is 0.444. The van der Waals surface area contributed by atoms with Crippen molar-refractivity contribution < 1.29 is 9.47 Å². The summed E-state index contributed by atoms with van der Waals surface area (Å²) in [4.78, 5) is 0.617. The summed E-state index contributed by atoms with van der Waals surface area (Å²) in [7, 11) is 1.66. The highest BCUT2D eigenvalue weighted by Gasteiger charge is 2.08. The molecule has 0 N–H and O–H groups in total. The van der Waals surface area contributed by atoms with Crippen molar-refractivity contribution in [2.24, 2.45) is 0 Å². The van der Waals surface area contributed by atoms with Crippen molar-refractivity contribution in [2.45, 2.75) is 37.4 Å². The molecule has 0 bridgehead atoms. The van der Waals surface area contributed by atoms with Crippen LogP contribution in [0.15, 0.2) is 30.3 Å². The lowest BCUT2D eigenvalue weighted by Crippen LogP contribution is -2.01. The first-order valence-electron chi connectivity index (χ1n) is 7.68. The lowest BCUT2D eigenvalue weighted by atomic mass is 10.1. The molecule has 0 saturated heterocycles. The zero-order valence-electron chi connectivity index (χ0n) is 13.1. The highest BCUT2D eigenvalue weighted by molar-refractivity contribution is 9.09. The largest absolute Gasteiger partial charge is 0.497 e. The minimum absolute atomic E-state index is 0.617. The average Bonchev–Trinajstić information content (AvgIpc) is 2.55. The van der Waals surface area contributed by atoms with Crippen molar-refractivity contribution in [1.82, 2.24) is 0 Å². The van der Waals surface area contributed by atoms with Gasteiger partial charge in [0.05, 0.1) is 18.7 Å². The maximum Gasteiger partial charge on any atom is 0.138 e. The number of unbranched alkanes of at least 4 members (excludes halogenated alkanes) is 1. The van der Waals surface area contributed by atoms with Gasteiger partial charge in [-0.1, -0.05) is 40.5 Å². The van der Waals surface area contributed by atoms with Gasteiger partial charge in [-0.3, -0.25) is 0 Å². The van der Waals surface area contributed by atoms with Gasteiger partial charge in [0.2, 0.25) is 0 Å².